The molecule has 1 amide bonds. The molecule has 3 aromatic rings. The molecule has 154 valence electrons. The van der Waals surface area contributed by atoms with Gasteiger partial charge in [0.25, 0.3) is 5.91 Å². The Morgan fingerprint density at radius 3 is 2.30 bits per heavy atom. The van der Waals surface area contributed by atoms with E-state index in [0.717, 1.165) is 35.1 Å². The molecule has 0 unspecified atom stereocenters. The molecule has 0 bridgehead atoms. The first-order valence-corrected chi connectivity index (χ1v) is 10.1. The highest BCUT2D eigenvalue weighted by molar-refractivity contribution is 6.07. The maximum atomic E-state index is 13.1. The number of carbonyl (C=O) groups excluding carboxylic acids is 1. The molecule has 3 aromatic carbocycles. The van der Waals surface area contributed by atoms with Crippen LogP contribution in [0.3, 0.4) is 0 Å². The van der Waals surface area contributed by atoms with E-state index in [9.17, 15) is 9.59 Å². The zero-order valence-electron chi connectivity index (χ0n) is 16.7. The van der Waals surface area contributed by atoms with Gasteiger partial charge in [-0.25, -0.2) is 0 Å². The molecule has 1 fully saturated rings. The third-order valence-electron chi connectivity index (χ3n) is 5.37. The number of fused-ring (bicyclic) bond motifs is 1. The lowest BCUT2D eigenvalue weighted by Crippen LogP contribution is -2.48. The number of nitrogens with zero attached hydrogens (tertiary/aromatic N) is 2. The Kier molecular flexibility index (Phi) is 5.84. The van der Waals surface area contributed by atoms with Crippen molar-refractivity contribution < 1.29 is 19.4 Å². The molecule has 0 aliphatic carbocycles. The number of amides is 1. The van der Waals surface area contributed by atoms with Gasteiger partial charge in [-0.05, 0) is 41.1 Å². The monoisotopic (exact) mass is 404 g/mol. The second-order valence-corrected chi connectivity index (χ2v) is 7.29. The standard InChI is InChI=1S/C24H24N2O4/c27-23(28)12-17-30-20-10-8-19(9-11-20)25-13-15-26(16-14-25)24(29)22-7-3-5-18-4-1-2-6-21(18)22/h1-11H,12-17H2,(H,27,28). The van der Waals surface area contributed by atoms with E-state index < -0.39 is 5.97 Å². The van der Waals surface area contributed by atoms with Crippen molar-refractivity contribution in [1.82, 2.24) is 4.90 Å². The minimum atomic E-state index is -0.873. The Morgan fingerprint density at radius 1 is 0.867 bits per heavy atom. The fraction of sp³-hybridized carbons (Fsp3) is 0.250. The Hall–Kier alpha value is -3.54. The molecule has 6 nitrogen and oxygen atoms in total. The van der Waals surface area contributed by atoms with E-state index in [-0.39, 0.29) is 18.9 Å². The predicted molar refractivity (Wildman–Crippen MR) is 116 cm³/mol. The average Bonchev–Trinajstić information content (AvgIpc) is 2.78. The van der Waals surface area contributed by atoms with E-state index in [2.05, 4.69) is 4.90 Å². The number of ether oxygens (including phenoxy) is 1. The van der Waals surface area contributed by atoms with E-state index in [1.165, 1.54) is 0 Å². The molecule has 0 spiro atoms. The number of anilines is 1. The van der Waals surface area contributed by atoms with Gasteiger partial charge in [0.2, 0.25) is 0 Å². The number of piperazine rings is 1. The van der Waals surface area contributed by atoms with Gasteiger partial charge in [0.15, 0.2) is 0 Å². The van der Waals surface area contributed by atoms with Crippen molar-refractivity contribution in [1.29, 1.82) is 0 Å². The number of carboxylic acids is 1. The molecule has 1 heterocycles. The molecule has 0 saturated carbocycles. The zero-order valence-corrected chi connectivity index (χ0v) is 16.7. The van der Waals surface area contributed by atoms with Crippen LogP contribution in [0.2, 0.25) is 0 Å². The van der Waals surface area contributed by atoms with Crippen LogP contribution in [0.4, 0.5) is 5.69 Å². The molecule has 1 aliphatic rings. The summed E-state index contributed by atoms with van der Waals surface area (Å²) in [5.74, 6) is -0.138. The molecule has 1 aliphatic heterocycles. The summed E-state index contributed by atoms with van der Waals surface area (Å²) in [6.07, 6.45) is -0.0194. The minimum absolute atomic E-state index is 0.0194. The largest absolute Gasteiger partial charge is 0.493 e. The highest BCUT2D eigenvalue weighted by Crippen LogP contribution is 2.23. The van der Waals surface area contributed by atoms with Crippen LogP contribution in [0.15, 0.2) is 66.7 Å². The van der Waals surface area contributed by atoms with Crippen molar-refractivity contribution in [3.8, 4) is 5.75 Å². The van der Waals surface area contributed by atoms with E-state index >= 15 is 0 Å². The smallest absolute Gasteiger partial charge is 0.306 e. The first-order valence-electron chi connectivity index (χ1n) is 10.1. The third-order valence-corrected chi connectivity index (χ3v) is 5.37. The average molecular weight is 404 g/mol. The van der Waals surface area contributed by atoms with Crippen molar-refractivity contribution in [2.75, 3.05) is 37.7 Å². The molecule has 4 rings (SSSR count). The Morgan fingerprint density at radius 2 is 1.57 bits per heavy atom. The number of benzene rings is 3. The number of aliphatic carboxylic acids is 1. The van der Waals surface area contributed by atoms with E-state index in [0.29, 0.717) is 18.8 Å². The number of hydrogen-bond acceptors (Lipinski definition) is 4. The number of rotatable bonds is 6. The maximum absolute atomic E-state index is 13.1. The van der Waals surface area contributed by atoms with E-state index in [1.54, 1.807) is 0 Å². The SMILES string of the molecule is O=C(O)CCOc1ccc(N2CCN(C(=O)c3cccc4ccccc34)CC2)cc1. The van der Waals surface area contributed by atoms with E-state index in [4.69, 9.17) is 9.84 Å². The fourth-order valence-electron chi connectivity index (χ4n) is 3.76. The molecule has 0 radical (unpaired) electrons. The van der Waals surface area contributed by atoms with Gasteiger partial charge in [0, 0.05) is 37.4 Å². The summed E-state index contributed by atoms with van der Waals surface area (Å²) in [5, 5.41) is 10.7. The normalized spacial score (nSPS) is 14.0. The van der Waals surface area contributed by atoms with Crippen LogP contribution in [-0.4, -0.2) is 54.7 Å². The van der Waals surface area contributed by atoms with Gasteiger partial charge in [-0.15, -0.1) is 0 Å². The summed E-state index contributed by atoms with van der Waals surface area (Å²) in [6, 6.07) is 21.5. The zero-order chi connectivity index (χ0) is 20.9. The van der Waals surface area contributed by atoms with E-state index in [1.807, 2.05) is 71.6 Å². The molecule has 1 N–H and O–H groups in total. The van der Waals surface area contributed by atoms with Crippen molar-refractivity contribution in [3.63, 3.8) is 0 Å². The van der Waals surface area contributed by atoms with Crippen LogP contribution >= 0.6 is 0 Å². The van der Waals surface area contributed by atoms with Crippen molar-refractivity contribution in [3.05, 3.63) is 72.3 Å². The van der Waals surface area contributed by atoms with Gasteiger partial charge in [-0.1, -0.05) is 36.4 Å². The second-order valence-electron chi connectivity index (χ2n) is 7.29. The first-order chi connectivity index (χ1) is 14.6. The summed E-state index contributed by atoms with van der Waals surface area (Å²) >= 11 is 0. The summed E-state index contributed by atoms with van der Waals surface area (Å²) in [5.41, 5.74) is 1.82. The van der Waals surface area contributed by atoms with Gasteiger partial charge in [-0.2, -0.15) is 0 Å². The Bertz CT molecular complexity index is 1040. The topological polar surface area (TPSA) is 70.1 Å². The molecule has 1 saturated heterocycles. The fourth-order valence-corrected chi connectivity index (χ4v) is 3.76. The van der Waals surface area contributed by atoms with Crippen LogP contribution < -0.4 is 9.64 Å². The second kappa shape index (κ2) is 8.86. The quantitative estimate of drug-likeness (QED) is 0.679. The molecule has 0 atom stereocenters. The van der Waals surface area contributed by atoms with Crippen LogP contribution in [0.1, 0.15) is 16.8 Å². The van der Waals surface area contributed by atoms with Gasteiger partial charge >= 0.3 is 5.97 Å². The predicted octanol–water partition coefficient (Wildman–Crippen LogP) is 3.66. The van der Waals surface area contributed by atoms with Gasteiger partial charge in [0.05, 0.1) is 13.0 Å². The lowest BCUT2D eigenvalue weighted by atomic mass is 10.0. The molecular weight excluding hydrogens is 380 g/mol. The van der Waals surface area contributed by atoms with Crippen molar-refractivity contribution in [2.45, 2.75) is 6.42 Å². The third kappa shape index (κ3) is 4.38. The molecule has 0 aromatic heterocycles. The van der Waals surface area contributed by atoms with Crippen molar-refractivity contribution in [2.24, 2.45) is 0 Å². The maximum Gasteiger partial charge on any atom is 0.306 e. The summed E-state index contributed by atoms with van der Waals surface area (Å²) < 4.78 is 5.44. The number of carboxylic acid groups (broad SMARTS) is 1. The van der Waals surface area contributed by atoms with Crippen LogP contribution in [-0.2, 0) is 4.79 Å². The van der Waals surface area contributed by atoms with Crippen LogP contribution in [0.25, 0.3) is 10.8 Å². The lowest BCUT2D eigenvalue weighted by molar-refractivity contribution is -0.137. The number of carbonyl (C=O) groups is 2. The Balaban J connectivity index is 1.36. The molecule has 30 heavy (non-hydrogen) atoms. The summed E-state index contributed by atoms with van der Waals surface area (Å²) in [4.78, 5) is 27.8. The molecular formula is C24H24N2O4. The van der Waals surface area contributed by atoms with Gasteiger partial charge in [-0.3, -0.25) is 9.59 Å². The summed E-state index contributed by atoms with van der Waals surface area (Å²) in [6.45, 7) is 3.01. The first kappa shape index (κ1) is 19.8. The Labute approximate surface area is 175 Å². The summed E-state index contributed by atoms with van der Waals surface area (Å²) in [7, 11) is 0. The molecule has 6 heteroatoms. The minimum Gasteiger partial charge on any atom is -0.493 e. The van der Waals surface area contributed by atoms with Gasteiger partial charge in [0.1, 0.15) is 5.75 Å². The highest BCUT2D eigenvalue weighted by Gasteiger charge is 2.23. The van der Waals surface area contributed by atoms with Gasteiger partial charge < -0.3 is 19.6 Å². The van der Waals surface area contributed by atoms with Crippen LogP contribution in [0, 0.1) is 0 Å². The number of hydrogen-bond donors (Lipinski definition) is 1. The van der Waals surface area contributed by atoms with Crippen molar-refractivity contribution >= 4 is 28.3 Å². The highest BCUT2D eigenvalue weighted by atomic mass is 16.5. The van der Waals surface area contributed by atoms with Crippen LogP contribution in [0.5, 0.6) is 5.75 Å². The lowest BCUT2D eigenvalue weighted by Gasteiger charge is -2.36.